The van der Waals surface area contributed by atoms with Gasteiger partial charge in [0.1, 0.15) is 0 Å². The number of para-hydroxylation sites is 1. The second-order valence-corrected chi connectivity index (χ2v) is 4.21. The number of nitrogens with zero attached hydrogens (tertiary/aromatic N) is 2. The number of nitrogens with one attached hydrogen (secondary N) is 1. The van der Waals surface area contributed by atoms with Gasteiger partial charge in [0.15, 0.2) is 11.6 Å². The molecule has 0 radical (unpaired) electrons. The minimum Gasteiger partial charge on any atom is -0.325 e. The Balaban J connectivity index is 1.92. The van der Waals surface area contributed by atoms with Crippen LogP contribution in [0, 0.1) is 11.6 Å². The normalized spacial score (nSPS) is 10.5. The second-order valence-electron chi connectivity index (χ2n) is 4.21. The lowest BCUT2D eigenvalue weighted by Gasteiger charge is -2.10. The van der Waals surface area contributed by atoms with E-state index in [2.05, 4.69) is 10.3 Å². The fourth-order valence-corrected chi connectivity index (χ4v) is 1.90. The molecule has 0 atom stereocenters. The number of hydrogen-bond donors (Lipinski definition) is 1. The summed E-state index contributed by atoms with van der Waals surface area (Å²) < 4.78 is 27.9. The van der Waals surface area contributed by atoms with Crippen LogP contribution < -0.4 is 5.32 Å². The van der Waals surface area contributed by atoms with Gasteiger partial charge in [-0.1, -0.05) is 18.2 Å². The predicted molar refractivity (Wildman–Crippen MR) is 73.2 cm³/mol. The summed E-state index contributed by atoms with van der Waals surface area (Å²) >= 11 is 0. The lowest BCUT2D eigenvalue weighted by atomic mass is 10.3. The Morgan fingerprint density at radius 2 is 1.75 bits per heavy atom. The molecule has 3 aromatic rings. The Bertz CT molecular complexity index is 723. The number of aromatic nitrogens is 2. The Morgan fingerprint density at radius 3 is 2.50 bits per heavy atom. The van der Waals surface area contributed by atoms with E-state index in [0.29, 0.717) is 11.6 Å². The van der Waals surface area contributed by atoms with Crippen molar-refractivity contribution in [3.63, 3.8) is 0 Å². The molecule has 0 saturated carbocycles. The number of benzene rings is 2. The van der Waals surface area contributed by atoms with Crippen LogP contribution in [0.15, 0.2) is 60.9 Å². The highest BCUT2D eigenvalue weighted by molar-refractivity contribution is 5.56. The van der Waals surface area contributed by atoms with Crippen LogP contribution in [0.1, 0.15) is 0 Å². The van der Waals surface area contributed by atoms with Crippen molar-refractivity contribution in [3.8, 4) is 5.69 Å². The molecule has 0 fully saturated rings. The lowest BCUT2D eigenvalue weighted by molar-refractivity contribution is 0.509. The summed E-state index contributed by atoms with van der Waals surface area (Å²) in [6, 6.07) is 13.2. The molecule has 0 spiro atoms. The van der Waals surface area contributed by atoms with Crippen molar-refractivity contribution < 1.29 is 8.78 Å². The molecule has 100 valence electrons. The largest absolute Gasteiger partial charge is 0.325 e. The van der Waals surface area contributed by atoms with Gasteiger partial charge in [-0.2, -0.15) is 0 Å². The molecule has 2 aromatic carbocycles. The van der Waals surface area contributed by atoms with E-state index in [0.717, 1.165) is 17.8 Å². The predicted octanol–water partition coefficient (Wildman–Crippen LogP) is 3.89. The van der Waals surface area contributed by atoms with Crippen molar-refractivity contribution in [2.45, 2.75) is 0 Å². The molecule has 0 aliphatic heterocycles. The molecule has 5 heteroatoms. The van der Waals surface area contributed by atoms with Crippen LogP contribution >= 0.6 is 0 Å². The molecule has 0 aliphatic rings. The van der Waals surface area contributed by atoms with E-state index >= 15 is 0 Å². The third-order valence-electron chi connectivity index (χ3n) is 2.85. The zero-order valence-corrected chi connectivity index (χ0v) is 10.4. The Hall–Kier alpha value is -2.69. The second kappa shape index (κ2) is 5.13. The number of imidazole rings is 1. The standard InChI is InChI=1S/C15H11F2N3/c16-13-7-6-11(10-14(13)17)19-15-18-8-9-20(15)12-4-2-1-3-5-12/h1-10H,(H,18,19). The summed E-state index contributed by atoms with van der Waals surface area (Å²) in [5.41, 5.74) is 1.36. The first-order valence-corrected chi connectivity index (χ1v) is 6.05. The van der Waals surface area contributed by atoms with Crippen molar-refractivity contribution in [2.24, 2.45) is 0 Å². The first-order chi connectivity index (χ1) is 9.74. The Kier molecular flexibility index (Phi) is 3.16. The van der Waals surface area contributed by atoms with Crippen molar-refractivity contribution >= 4 is 11.6 Å². The van der Waals surface area contributed by atoms with Gasteiger partial charge in [0.25, 0.3) is 0 Å². The maximum atomic E-state index is 13.2. The first-order valence-electron chi connectivity index (χ1n) is 6.05. The third-order valence-corrected chi connectivity index (χ3v) is 2.85. The van der Waals surface area contributed by atoms with Crippen molar-refractivity contribution in [3.05, 3.63) is 72.6 Å². The first kappa shape index (κ1) is 12.3. The van der Waals surface area contributed by atoms with Gasteiger partial charge in [0, 0.05) is 29.8 Å². The fourth-order valence-electron chi connectivity index (χ4n) is 1.90. The fraction of sp³-hybridized carbons (Fsp3) is 0. The summed E-state index contributed by atoms with van der Waals surface area (Å²) in [4.78, 5) is 4.18. The number of halogens is 2. The van der Waals surface area contributed by atoms with E-state index in [9.17, 15) is 8.78 Å². The molecule has 3 nitrogen and oxygen atoms in total. The van der Waals surface area contributed by atoms with Crippen LogP contribution in [-0.4, -0.2) is 9.55 Å². The van der Waals surface area contributed by atoms with E-state index in [1.54, 1.807) is 12.4 Å². The average Bonchev–Trinajstić information content (AvgIpc) is 2.92. The zero-order chi connectivity index (χ0) is 13.9. The Morgan fingerprint density at radius 1 is 0.950 bits per heavy atom. The van der Waals surface area contributed by atoms with Crippen molar-refractivity contribution in [1.82, 2.24) is 9.55 Å². The lowest BCUT2D eigenvalue weighted by Crippen LogP contribution is -2.01. The Labute approximate surface area is 114 Å². The molecule has 0 unspecified atom stereocenters. The maximum Gasteiger partial charge on any atom is 0.212 e. The van der Waals surface area contributed by atoms with E-state index in [1.807, 2.05) is 34.9 Å². The van der Waals surface area contributed by atoms with E-state index in [1.165, 1.54) is 6.07 Å². The molecule has 0 bridgehead atoms. The number of anilines is 2. The van der Waals surface area contributed by atoms with Crippen LogP contribution in [0.25, 0.3) is 5.69 Å². The van der Waals surface area contributed by atoms with Gasteiger partial charge < -0.3 is 5.32 Å². The minimum atomic E-state index is -0.896. The van der Waals surface area contributed by atoms with Crippen LogP contribution in [0.3, 0.4) is 0 Å². The maximum absolute atomic E-state index is 13.2. The molecule has 1 aromatic heterocycles. The smallest absolute Gasteiger partial charge is 0.212 e. The monoisotopic (exact) mass is 271 g/mol. The summed E-state index contributed by atoms with van der Waals surface area (Å²) in [6.07, 6.45) is 3.42. The van der Waals surface area contributed by atoms with Gasteiger partial charge in [0.05, 0.1) is 0 Å². The highest BCUT2D eigenvalue weighted by Crippen LogP contribution is 2.20. The molecule has 3 rings (SSSR count). The molecule has 0 aliphatic carbocycles. The van der Waals surface area contributed by atoms with E-state index in [-0.39, 0.29) is 0 Å². The van der Waals surface area contributed by atoms with Crippen LogP contribution in [0.2, 0.25) is 0 Å². The van der Waals surface area contributed by atoms with Gasteiger partial charge in [-0.3, -0.25) is 4.57 Å². The third kappa shape index (κ3) is 2.38. The number of hydrogen-bond acceptors (Lipinski definition) is 2. The molecular weight excluding hydrogens is 260 g/mol. The summed E-state index contributed by atoms with van der Waals surface area (Å²) in [7, 11) is 0. The highest BCUT2D eigenvalue weighted by atomic mass is 19.2. The van der Waals surface area contributed by atoms with Gasteiger partial charge in [0.2, 0.25) is 5.95 Å². The van der Waals surface area contributed by atoms with Gasteiger partial charge in [-0.25, -0.2) is 13.8 Å². The quantitative estimate of drug-likeness (QED) is 0.783. The molecule has 1 heterocycles. The van der Waals surface area contributed by atoms with Crippen LogP contribution in [0.4, 0.5) is 20.4 Å². The number of rotatable bonds is 3. The molecule has 0 amide bonds. The van der Waals surface area contributed by atoms with Crippen molar-refractivity contribution in [2.75, 3.05) is 5.32 Å². The molecule has 20 heavy (non-hydrogen) atoms. The SMILES string of the molecule is Fc1ccc(Nc2nccn2-c2ccccc2)cc1F. The van der Waals surface area contributed by atoms with E-state index < -0.39 is 11.6 Å². The minimum absolute atomic E-state index is 0.437. The summed E-state index contributed by atoms with van der Waals surface area (Å²) in [6.45, 7) is 0. The molecular formula is C15H11F2N3. The van der Waals surface area contributed by atoms with Gasteiger partial charge in [-0.05, 0) is 24.3 Å². The summed E-state index contributed by atoms with van der Waals surface area (Å²) in [5.74, 6) is -1.24. The van der Waals surface area contributed by atoms with Gasteiger partial charge >= 0.3 is 0 Å². The van der Waals surface area contributed by atoms with Gasteiger partial charge in [-0.15, -0.1) is 0 Å². The van der Waals surface area contributed by atoms with Crippen LogP contribution in [-0.2, 0) is 0 Å². The van der Waals surface area contributed by atoms with E-state index in [4.69, 9.17) is 0 Å². The molecule has 0 saturated heterocycles. The summed E-state index contributed by atoms with van der Waals surface area (Å²) in [5, 5.41) is 2.96. The highest BCUT2D eigenvalue weighted by Gasteiger charge is 2.07. The average molecular weight is 271 g/mol. The zero-order valence-electron chi connectivity index (χ0n) is 10.4. The van der Waals surface area contributed by atoms with Crippen molar-refractivity contribution in [1.29, 1.82) is 0 Å². The topological polar surface area (TPSA) is 29.9 Å². The molecule has 1 N–H and O–H groups in total. The van der Waals surface area contributed by atoms with Crippen LogP contribution in [0.5, 0.6) is 0 Å².